The summed E-state index contributed by atoms with van der Waals surface area (Å²) in [6.07, 6.45) is 0. The van der Waals surface area contributed by atoms with Crippen molar-refractivity contribution in [2.75, 3.05) is 38.0 Å². The SMILES string of the molecule is CCN(CC)CCN(CC(=O)Nc1nc(C)cs1)C(=O)c1ccc(Cl)c([N+](=O)[O-])c1. The summed E-state index contributed by atoms with van der Waals surface area (Å²) >= 11 is 7.15. The van der Waals surface area contributed by atoms with Crippen molar-refractivity contribution >= 4 is 45.6 Å². The third-order valence-electron chi connectivity index (χ3n) is 4.46. The van der Waals surface area contributed by atoms with Crippen LogP contribution in [0.2, 0.25) is 5.02 Å². The van der Waals surface area contributed by atoms with Crippen LogP contribution in [0.3, 0.4) is 0 Å². The summed E-state index contributed by atoms with van der Waals surface area (Å²) in [5.41, 5.74) is 0.538. The van der Waals surface area contributed by atoms with Crippen LogP contribution in [-0.4, -0.2) is 64.2 Å². The fourth-order valence-corrected chi connectivity index (χ4v) is 3.66. The van der Waals surface area contributed by atoms with E-state index in [4.69, 9.17) is 11.6 Å². The van der Waals surface area contributed by atoms with E-state index < -0.39 is 10.8 Å². The standard InChI is InChI=1S/C19H24ClN5O4S/c1-4-23(5-2)8-9-24(11-17(26)22-19-21-13(3)12-30-19)18(27)14-6-7-15(20)16(10-14)25(28)29/h6-7,10,12H,4-5,8-9,11H2,1-3H3,(H,21,22,26). The van der Waals surface area contributed by atoms with E-state index in [2.05, 4.69) is 15.2 Å². The smallest absolute Gasteiger partial charge is 0.288 e. The molecule has 0 bridgehead atoms. The van der Waals surface area contributed by atoms with Crippen LogP contribution in [0, 0.1) is 17.0 Å². The normalized spacial score (nSPS) is 10.8. The summed E-state index contributed by atoms with van der Waals surface area (Å²) in [6.45, 7) is 8.10. The van der Waals surface area contributed by atoms with Gasteiger partial charge in [-0.15, -0.1) is 11.3 Å². The molecule has 9 nitrogen and oxygen atoms in total. The summed E-state index contributed by atoms with van der Waals surface area (Å²) in [7, 11) is 0. The number of benzene rings is 1. The first-order chi connectivity index (χ1) is 14.2. The minimum atomic E-state index is -0.642. The van der Waals surface area contributed by atoms with E-state index >= 15 is 0 Å². The van der Waals surface area contributed by atoms with Crippen LogP contribution in [-0.2, 0) is 4.79 Å². The number of nitrogens with zero attached hydrogens (tertiary/aromatic N) is 4. The molecule has 30 heavy (non-hydrogen) atoms. The molecule has 1 heterocycles. The van der Waals surface area contributed by atoms with Gasteiger partial charge in [0.05, 0.1) is 10.6 Å². The number of likely N-dealkylation sites (N-methyl/N-ethyl adjacent to an activating group) is 1. The lowest BCUT2D eigenvalue weighted by Crippen LogP contribution is -2.42. The molecule has 0 aliphatic carbocycles. The molecule has 162 valence electrons. The number of carbonyl (C=O) groups excluding carboxylic acids is 2. The van der Waals surface area contributed by atoms with Crippen LogP contribution >= 0.6 is 22.9 Å². The Kier molecular flexibility index (Phi) is 8.70. The van der Waals surface area contributed by atoms with Gasteiger partial charge in [-0.2, -0.15) is 0 Å². The van der Waals surface area contributed by atoms with Gasteiger partial charge >= 0.3 is 0 Å². The fraction of sp³-hybridized carbons (Fsp3) is 0.421. The Morgan fingerprint density at radius 3 is 2.53 bits per heavy atom. The van der Waals surface area contributed by atoms with Crippen molar-refractivity contribution in [3.8, 4) is 0 Å². The second-order valence-electron chi connectivity index (χ2n) is 6.52. The Morgan fingerprint density at radius 2 is 1.97 bits per heavy atom. The van der Waals surface area contributed by atoms with E-state index in [1.165, 1.54) is 28.4 Å². The van der Waals surface area contributed by atoms with Gasteiger partial charge in [0, 0.05) is 30.1 Å². The molecule has 0 atom stereocenters. The molecular formula is C19H24ClN5O4S. The topological polar surface area (TPSA) is 109 Å². The Hall–Kier alpha value is -2.56. The van der Waals surface area contributed by atoms with Crippen molar-refractivity contribution in [3.63, 3.8) is 0 Å². The quantitative estimate of drug-likeness (QED) is 0.436. The number of amides is 2. The van der Waals surface area contributed by atoms with Gasteiger partial charge in [-0.25, -0.2) is 4.98 Å². The Morgan fingerprint density at radius 1 is 1.27 bits per heavy atom. The molecule has 2 rings (SSSR count). The lowest BCUT2D eigenvalue weighted by molar-refractivity contribution is -0.384. The first kappa shape index (κ1) is 23.7. The van der Waals surface area contributed by atoms with Crippen molar-refractivity contribution in [2.24, 2.45) is 0 Å². The number of aryl methyl sites for hydroxylation is 1. The van der Waals surface area contributed by atoms with Crippen LogP contribution in [0.1, 0.15) is 29.9 Å². The predicted molar refractivity (Wildman–Crippen MR) is 117 cm³/mol. The van der Waals surface area contributed by atoms with Crippen molar-refractivity contribution in [1.29, 1.82) is 0 Å². The molecule has 1 aromatic carbocycles. The van der Waals surface area contributed by atoms with Crippen LogP contribution in [0.5, 0.6) is 0 Å². The van der Waals surface area contributed by atoms with Crippen LogP contribution < -0.4 is 5.32 Å². The molecule has 0 unspecified atom stereocenters. The average molecular weight is 454 g/mol. The highest BCUT2D eigenvalue weighted by Gasteiger charge is 2.23. The summed E-state index contributed by atoms with van der Waals surface area (Å²) in [6, 6.07) is 3.87. The Bertz CT molecular complexity index is 916. The fourth-order valence-electron chi connectivity index (χ4n) is 2.77. The third kappa shape index (κ3) is 6.48. The summed E-state index contributed by atoms with van der Waals surface area (Å²) in [5, 5.41) is 16.1. The first-order valence-corrected chi connectivity index (χ1v) is 10.7. The number of anilines is 1. The lowest BCUT2D eigenvalue weighted by Gasteiger charge is -2.26. The van der Waals surface area contributed by atoms with Crippen molar-refractivity contribution in [2.45, 2.75) is 20.8 Å². The summed E-state index contributed by atoms with van der Waals surface area (Å²) < 4.78 is 0. The number of nitrogens with one attached hydrogen (secondary N) is 1. The molecule has 2 aromatic rings. The van der Waals surface area contributed by atoms with E-state index in [0.717, 1.165) is 24.8 Å². The Balaban J connectivity index is 2.21. The number of halogens is 1. The summed E-state index contributed by atoms with van der Waals surface area (Å²) in [5.74, 6) is -0.867. The van der Waals surface area contributed by atoms with Crippen molar-refractivity contribution in [3.05, 3.63) is 50.0 Å². The number of thiazole rings is 1. The van der Waals surface area contributed by atoms with Gasteiger partial charge in [0.25, 0.3) is 11.6 Å². The van der Waals surface area contributed by atoms with Crippen LogP contribution in [0.4, 0.5) is 10.8 Å². The Labute approximate surface area is 183 Å². The molecule has 11 heteroatoms. The van der Waals surface area contributed by atoms with Crippen molar-refractivity contribution in [1.82, 2.24) is 14.8 Å². The van der Waals surface area contributed by atoms with E-state index in [1.54, 1.807) is 0 Å². The number of aromatic nitrogens is 1. The average Bonchev–Trinajstić information content (AvgIpc) is 3.11. The molecule has 0 fully saturated rings. The van der Waals surface area contributed by atoms with Gasteiger partial charge in [-0.1, -0.05) is 25.4 Å². The second-order valence-corrected chi connectivity index (χ2v) is 7.78. The third-order valence-corrected chi connectivity index (χ3v) is 5.65. The molecule has 1 N–H and O–H groups in total. The van der Waals surface area contributed by atoms with Gasteiger partial charge in [-0.05, 0) is 32.1 Å². The molecule has 0 radical (unpaired) electrons. The number of carbonyl (C=O) groups is 2. The maximum absolute atomic E-state index is 13.1. The molecule has 0 spiro atoms. The first-order valence-electron chi connectivity index (χ1n) is 9.42. The van der Waals surface area contributed by atoms with E-state index in [0.29, 0.717) is 18.2 Å². The number of rotatable bonds is 10. The number of nitro groups is 1. The maximum atomic E-state index is 13.1. The molecular weight excluding hydrogens is 430 g/mol. The van der Waals surface area contributed by atoms with Gasteiger partial charge in [0.2, 0.25) is 5.91 Å². The number of hydrogen-bond donors (Lipinski definition) is 1. The zero-order chi connectivity index (χ0) is 22.3. The highest BCUT2D eigenvalue weighted by molar-refractivity contribution is 7.13. The second kappa shape index (κ2) is 11.0. The van der Waals surface area contributed by atoms with Crippen molar-refractivity contribution < 1.29 is 14.5 Å². The minimum Gasteiger partial charge on any atom is -0.328 e. The lowest BCUT2D eigenvalue weighted by atomic mass is 10.1. The zero-order valence-corrected chi connectivity index (χ0v) is 18.6. The number of hydrogen-bond acceptors (Lipinski definition) is 7. The zero-order valence-electron chi connectivity index (χ0n) is 17.1. The van der Waals surface area contributed by atoms with Gasteiger partial charge in [0.1, 0.15) is 11.6 Å². The molecule has 0 saturated carbocycles. The van der Waals surface area contributed by atoms with E-state index in [9.17, 15) is 19.7 Å². The predicted octanol–water partition coefficient (Wildman–Crippen LogP) is 3.44. The minimum absolute atomic E-state index is 0.0527. The van der Waals surface area contributed by atoms with E-state index in [-0.39, 0.29) is 28.7 Å². The monoisotopic (exact) mass is 453 g/mol. The highest BCUT2D eigenvalue weighted by atomic mass is 35.5. The van der Waals surface area contributed by atoms with Crippen LogP contribution in [0.25, 0.3) is 0 Å². The highest BCUT2D eigenvalue weighted by Crippen LogP contribution is 2.25. The van der Waals surface area contributed by atoms with Gasteiger partial charge < -0.3 is 15.1 Å². The molecule has 0 saturated heterocycles. The van der Waals surface area contributed by atoms with Crippen LogP contribution in [0.15, 0.2) is 23.6 Å². The van der Waals surface area contributed by atoms with E-state index in [1.807, 2.05) is 26.2 Å². The van der Waals surface area contributed by atoms with Gasteiger partial charge in [-0.3, -0.25) is 19.7 Å². The summed E-state index contributed by atoms with van der Waals surface area (Å²) in [4.78, 5) is 43.8. The molecule has 2 amide bonds. The van der Waals surface area contributed by atoms with Gasteiger partial charge in [0.15, 0.2) is 5.13 Å². The molecule has 1 aromatic heterocycles. The maximum Gasteiger partial charge on any atom is 0.288 e. The largest absolute Gasteiger partial charge is 0.328 e. The molecule has 0 aliphatic rings. The number of nitro benzene ring substituents is 1. The molecule has 0 aliphatic heterocycles.